The maximum Gasteiger partial charge on any atom is 0.351 e. The molecule has 0 aromatic rings. The van der Waals surface area contributed by atoms with Crippen LogP contribution in [0.1, 0.15) is 41.0 Å². The molecule has 0 spiro atoms. The monoisotopic (exact) mass is 246 g/mol. The SMILES string of the molecule is CCCOC(C)C(O)(O)OC(=O)C(C)=C(C)C. The summed E-state index contributed by atoms with van der Waals surface area (Å²) in [6.07, 6.45) is -0.266. The molecule has 1 atom stereocenters. The lowest BCUT2D eigenvalue weighted by molar-refractivity contribution is -0.359. The third kappa shape index (κ3) is 5.30. The Labute approximate surface area is 102 Å². The molecule has 0 heterocycles. The molecule has 100 valence electrons. The van der Waals surface area contributed by atoms with E-state index in [-0.39, 0.29) is 0 Å². The van der Waals surface area contributed by atoms with Crippen LogP contribution in [0.3, 0.4) is 0 Å². The summed E-state index contributed by atoms with van der Waals surface area (Å²) in [7, 11) is 0. The molecule has 0 fully saturated rings. The number of hydrogen-bond donors (Lipinski definition) is 2. The molecule has 0 amide bonds. The van der Waals surface area contributed by atoms with Gasteiger partial charge in [-0.3, -0.25) is 0 Å². The van der Waals surface area contributed by atoms with Gasteiger partial charge < -0.3 is 19.7 Å². The first-order valence-corrected chi connectivity index (χ1v) is 5.66. The maximum atomic E-state index is 11.5. The number of carbonyl (C=O) groups excluding carboxylic acids is 1. The van der Waals surface area contributed by atoms with E-state index in [2.05, 4.69) is 4.74 Å². The van der Waals surface area contributed by atoms with Crippen LogP contribution in [0, 0.1) is 0 Å². The normalized spacial score (nSPS) is 13.1. The first-order chi connectivity index (χ1) is 7.72. The van der Waals surface area contributed by atoms with E-state index < -0.39 is 18.0 Å². The van der Waals surface area contributed by atoms with Crippen LogP contribution in [0.5, 0.6) is 0 Å². The summed E-state index contributed by atoms with van der Waals surface area (Å²) in [5.74, 6) is -3.37. The van der Waals surface area contributed by atoms with E-state index in [0.717, 1.165) is 12.0 Å². The van der Waals surface area contributed by atoms with E-state index in [1.54, 1.807) is 20.8 Å². The van der Waals surface area contributed by atoms with E-state index in [9.17, 15) is 15.0 Å². The largest absolute Gasteiger partial charge is 0.402 e. The number of allylic oxidation sites excluding steroid dienone is 1. The molecule has 0 radical (unpaired) electrons. The Hall–Kier alpha value is -0.910. The lowest BCUT2D eigenvalue weighted by Gasteiger charge is -2.27. The van der Waals surface area contributed by atoms with Crippen LogP contribution < -0.4 is 0 Å². The number of hydrogen-bond acceptors (Lipinski definition) is 5. The molecule has 1 unspecified atom stereocenters. The van der Waals surface area contributed by atoms with Gasteiger partial charge in [-0.25, -0.2) is 4.79 Å². The number of ether oxygens (including phenoxy) is 2. The quantitative estimate of drug-likeness (QED) is 0.420. The van der Waals surface area contributed by atoms with E-state index >= 15 is 0 Å². The second-order valence-corrected chi connectivity index (χ2v) is 4.19. The number of aliphatic hydroxyl groups is 2. The van der Waals surface area contributed by atoms with Crippen LogP contribution >= 0.6 is 0 Å². The summed E-state index contributed by atoms with van der Waals surface area (Å²) in [6.45, 7) is 8.73. The topological polar surface area (TPSA) is 76.0 Å². The minimum absolute atomic E-state index is 0.347. The molecule has 0 saturated heterocycles. The Morgan fingerprint density at radius 2 is 1.82 bits per heavy atom. The van der Waals surface area contributed by atoms with Crippen LogP contribution in [0.25, 0.3) is 0 Å². The van der Waals surface area contributed by atoms with Gasteiger partial charge in [-0.05, 0) is 34.1 Å². The summed E-state index contributed by atoms with van der Waals surface area (Å²) in [4.78, 5) is 11.5. The molecule has 5 nitrogen and oxygen atoms in total. The van der Waals surface area contributed by atoms with Gasteiger partial charge in [-0.1, -0.05) is 12.5 Å². The second kappa shape index (κ2) is 6.74. The van der Waals surface area contributed by atoms with Crippen molar-refractivity contribution in [3.63, 3.8) is 0 Å². The van der Waals surface area contributed by atoms with Gasteiger partial charge in [0.05, 0.1) is 0 Å². The molecule has 0 rings (SSSR count). The average molecular weight is 246 g/mol. The van der Waals surface area contributed by atoms with E-state index in [1.165, 1.54) is 6.92 Å². The molecule has 0 aliphatic rings. The van der Waals surface area contributed by atoms with Gasteiger partial charge in [0.25, 0.3) is 0 Å². The zero-order valence-electron chi connectivity index (χ0n) is 11.1. The summed E-state index contributed by atoms with van der Waals surface area (Å²) in [5.41, 5.74) is 1.10. The van der Waals surface area contributed by atoms with Gasteiger partial charge in [0, 0.05) is 12.2 Å². The van der Waals surface area contributed by atoms with Crippen molar-refractivity contribution in [3.05, 3.63) is 11.1 Å². The Balaban J connectivity index is 4.54. The molecule has 0 bridgehead atoms. The van der Waals surface area contributed by atoms with Crippen LogP contribution in [-0.2, 0) is 14.3 Å². The highest BCUT2D eigenvalue weighted by atomic mass is 16.8. The Morgan fingerprint density at radius 1 is 1.29 bits per heavy atom. The molecule has 17 heavy (non-hydrogen) atoms. The summed E-state index contributed by atoms with van der Waals surface area (Å²) < 4.78 is 9.71. The Kier molecular flexibility index (Phi) is 6.37. The highest BCUT2D eigenvalue weighted by Crippen LogP contribution is 2.16. The zero-order chi connectivity index (χ0) is 13.6. The fourth-order valence-corrected chi connectivity index (χ4v) is 0.903. The molecule has 0 aliphatic carbocycles. The van der Waals surface area contributed by atoms with Gasteiger partial charge in [0.1, 0.15) is 6.10 Å². The van der Waals surface area contributed by atoms with Crippen molar-refractivity contribution in [1.29, 1.82) is 0 Å². The average Bonchev–Trinajstić information content (AvgIpc) is 2.23. The van der Waals surface area contributed by atoms with Crippen molar-refractivity contribution in [1.82, 2.24) is 0 Å². The first-order valence-electron chi connectivity index (χ1n) is 5.66. The third-order valence-corrected chi connectivity index (χ3v) is 2.40. The lowest BCUT2D eigenvalue weighted by atomic mass is 10.2. The third-order valence-electron chi connectivity index (χ3n) is 2.40. The summed E-state index contributed by atoms with van der Waals surface area (Å²) in [6, 6.07) is 0. The van der Waals surface area contributed by atoms with Crippen molar-refractivity contribution in [2.24, 2.45) is 0 Å². The Morgan fingerprint density at radius 3 is 2.24 bits per heavy atom. The standard InChI is InChI=1S/C12H22O5/c1-6-7-16-10(5)12(14,15)17-11(13)9(4)8(2)3/h10,14-15H,6-7H2,1-5H3. The fourth-order valence-electron chi connectivity index (χ4n) is 0.903. The predicted octanol–water partition coefficient (Wildman–Crippen LogP) is 1.34. The highest BCUT2D eigenvalue weighted by Gasteiger charge is 2.37. The first kappa shape index (κ1) is 16.1. The highest BCUT2D eigenvalue weighted by molar-refractivity contribution is 5.88. The predicted molar refractivity (Wildman–Crippen MR) is 63.0 cm³/mol. The number of carbonyl (C=O) groups is 1. The minimum atomic E-state index is -2.61. The second-order valence-electron chi connectivity index (χ2n) is 4.19. The van der Waals surface area contributed by atoms with Crippen molar-refractivity contribution in [2.75, 3.05) is 6.61 Å². The summed E-state index contributed by atoms with van der Waals surface area (Å²) >= 11 is 0. The lowest BCUT2D eigenvalue weighted by Crippen LogP contribution is -2.46. The van der Waals surface area contributed by atoms with Crippen molar-refractivity contribution in [2.45, 2.75) is 53.1 Å². The molecular weight excluding hydrogens is 224 g/mol. The van der Waals surface area contributed by atoms with Crippen molar-refractivity contribution < 1.29 is 24.5 Å². The molecule has 0 saturated carbocycles. The number of rotatable bonds is 6. The van der Waals surface area contributed by atoms with Crippen LogP contribution in [0.15, 0.2) is 11.1 Å². The maximum absolute atomic E-state index is 11.5. The molecule has 5 heteroatoms. The minimum Gasteiger partial charge on any atom is -0.402 e. The van der Waals surface area contributed by atoms with Gasteiger partial charge in [0.15, 0.2) is 0 Å². The molecular formula is C12H22O5. The van der Waals surface area contributed by atoms with E-state index in [0.29, 0.717) is 12.2 Å². The van der Waals surface area contributed by atoms with Gasteiger partial charge in [-0.15, -0.1) is 0 Å². The Bertz CT molecular complexity index is 289. The smallest absolute Gasteiger partial charge is 0.351 e. The molecule has 0 aromatic carbocycles. The van der Waals surface area contributed by atoms with Gasteiger partial charge in [-0.2, -0.15) is 0 Å². The van der Waals surface area contributed by atoms with Gasteiger partial charge in [0.2, 0.25) is 0 Å². The van der Waals surface area contributed by atoms with E-state index in [1.807, 2.05) is 6.92 Å². The fraction of sp³-hybridized carbons (Fsp3) is 0.750. The van der Waals surface area contributed by atoms with Crippen LogP contribution in [-0.4, -0.2) is 34.9 Å². The summed E-state index contributed by atoms with van der Waals surface area (Å²) in [5, 5.41) is 19.2. The number of esters is 1. The van der Waals surface area contributed by atoms with Crippen molar-refractivity contribution in [3.8, 4) is 0 Å². The molecule has 2 N–H and O–H groups in total. The van der Waals surface area contributed by atoms with Crippen LogP contribution in [0.4, 0.5) is 0 Å². The molecule has 0 aliphatic heterocycles. The van der Waals surface area contributed by atoms with Crippen molar-refractivity contribution >= 4 is 5.97 Å². The van der Waals surface area contributed by atoms with E-state index in [4.69, 9.17) is 4.74 Å². The van der Waals surface area contributed by atoms with Crippen LogP contribution in [0.2, 0.25) is 0 Å². The van der Waals surface area contributed by atoms with Gasteiger partial charge >= 0.3 is 11.9 Å². The zero-order valence-corrected chi connectivity index (χ0v) is 11.1. The molecule has 0 aromatic heterocycles.